The van der Waals surface area contributed by atoms with Crippen LogP contribution in [-0.2, 0) is 17.6 Å². The molecule has 0 aliphatic carbocycles. The summed E-state index contributed by atoms with van der Waals surface area (Å²) >= 11 is 0. The number of nitrogens with one attached hydrogen (secondary N) is 1. The molecule has 3 rings (SSSR count). The number of methoxy groups -OCH3 is 1. The molecule has 3 aromatic rings. The molecule has 1 aromatic carbocycles. The molecule has 1 N–H and O–H groups in total. The van der Waals surface area contributed by atoms with E-state index in [1.807, 2.05) is 37.3 Å². The molecule has 0 aliphatic heterocycles. The summed E-state index contributed by atoms with van der Waals surface area (Å²) in [4.78, 5) is 17.1. The number of hydrogen-bond donors (Lipinski definition) is 1. The van der Waals surface area contributed by atoms with Crippen molar-refractivity contribution in [3.05, 3.63) is 53.3 Å². The number of benzene rings is 1. The maximum Gasteiger partial charge on any atom is 0.230 e. The van der Waals surface area contributed by atoms with Gasteiger partial charge >= 0.3 is 0 Å². The van der Waals surface area contributed by atoms with Gasteiger partial charge in [0.15, 0.2) is 11.5 Å². The topological polar surface area (TPSA) is 68.5 Å². The van der Waals surface area contributed by atoms with Crippen LogP contribution in [0.4, 0.5) is 5.82 Å². The molecule has 1 amide bonds. The van der Waals surface area contributed by atoms with Crippen molar-refractivity contribution in [2.24, 2.45) is 5.41 Å². The van der Waals surface area contributed by atoms with E-state index in [9.17, 15) is 4.79 Å². The van der Waals surface area contributed by atoms with Crippen molar-refractivity contribution in [2.75, 3.05) is 12.4 Å². The fourth-order valence-electron chi connectivity index (χ4n) is 3.00. The van der Waals surface area contributed by atoms with Gasteiger partial charge in [-0.3, -0.25) is 4.79 Å². The highest BCUT2D eigenvalue weighted by molar-refractivity contribution is 5.93. The highest BCUT2D eigenvalue weighted by Crippen LogP contribution is 2.28. The van der Waals surface area contributed by atoms with E-state index in [1.165, 1.54) is 0 Å². The first-order valence-electron chi connectivity index (χ1n) is 9.03. The van der Waals surface area contributed by atoms with E-state index >= 15 is 0 Å². The minimum Gasteiger partial charge on any atom is -0.497 e. The number of aryl methyl sites for hydroxylation is 1. The Morgan fingerprint density at radius 1 is 1.19 bits per heavy atom. The Bertz CT molecular complexity index is 953. The molecule has 142 valence electrons. The molecule has 0 aliphatic rings. The van der Waals surface area contributed by atoms with Crippen LogP contribution < -0.4 is 10.1 Å². The van der Waals surface area contributed by atoms with E-state index in [0.717, 1.165) is 34.6 Å². The molecule has 6 nitrogen and oxygen atoms in total. The van der Waals surface area contributed by atoms with Crippen molar-refractivity contribution in [1.29, 1.82) is 0 Å². The van der Waals surface area contributed by atoms with Crippen molar-refractivity contribution >= 4 is 17.4 Å². The molecule has 0 spiro atoms. The van der Waals surface area contributed by atoms with Gasteiger partial charge in [0.2, 0.25) is 5.91 Å². The number of nitrogens with zero attached hydrogens (tertiary/aromatic N) is 3. The number of hydrogen-bond acceptors (Lipinski definition) is 4. The van der Waals surface area contributed by atoms with E-state index in [2.05, 4.69) is 36.2 Å². The van der Waals surface area contributed by atoms with Crippen LogP contribution in [-0.4, -0.2) is 27.6 Å². The Balaban J connectivity index is 1.87. The predicted molar refractivity (Wildman–Crippen MR) is 106 cm³/mol. The summed E-state index contributed by atoms with van der Waals surface area (Å²) in [6.45, 7) is 8.46. The summed E-state index contributed by atoms with van der Waals surface area (Å²) in [5, 5.41) is 7.59. The average Bonchev–Trinajstić information content (AvgIpc) is 2.93. The van der Waals surface area contributed by atoms with Crippen molar-refractivity contribution in [2.45, 2.75) is 40.5 Å². The molecule has 0 radical (unpaired) electrons. The Kier molecular flexibility index (Phi) is 5.17. The average molecular weight is 366 g/mol. The molecule has 0 saturated carbocycles. The van der Waals surface area contributed by atoms with Gasteiger partial charge < -0.3 is 10.1 Å². The fourth-order valence-corrected chi connectivity index (χ4v) is 3.00. The molecule has 0 saturated heterocycles. The molecule has 0 bridgehead atoms. The molecule has 2 heterocycles. The van der Waals surface area contributed by atoms with Gasteiger partial charge in [0.25, 0.3) is 0 Å². The zero-order valence-corrected chi connectivity index (χ0v) is 16.5. The highest BCUT2D eigenvalue weighted by Gasteiger charge is 2.22. The third-order valence-electron chi connectivity index (χ3n) is 4.29. The quantitative estimate of drug-likeness (QED) is 0.745. The van der Waals surface area contributed by atoms with Gasteiger partial charge in [-0.15, -0.1) is 5.10 Å². The first-order valence-corrected chi connectivity index (χ1v) is 9.03. The lowest BCUT2D eigenvalue weighted by Gasteiger charge is -2.18. The van der Waals surface area contributed by atoms with Crippen LogP contribution in [0.2, 0.25) is 0 Å². The SMILES string of the molecule is COc1ccc(CC(=O)Nc2nn3c(C)ccnc3c2CC(C)(C)C)cc1. The van der Waals surface area contributed by atoms with Crippen LogP contribution in [0.25, 0.3) is 5.65 Å². The maximum absolute atomic E-state index is 12.6. The number of fused-ring (bicyclic) bond motifs is 1. The zero-order chi connectivity index (χ0) is 19.6. The number of anilines is 1. The van der Waals surface area contributed by atoms with Crippen LogP contribution in [0.15, 0.2) is 36.5 Å². The maximum atomic E-state index is 12.6. The first-order chi connectivity index (χ1) is 12.8. The molecule has 6 heteroatoms. The minimum absolute atomic E-state index is 0.0460. The van der Waals surface area contributed by atoms with Gasteiger partial charge in [-0.1, -0.05) is 32.9 Å². The third-order valence-corrected chi connectivity index (χ3v) is 4.29. The summed E-state index contributed by atoms with van der Waals surface area (Å²) < 4.78 is 6.95. The van der Waals surface area contributed by atoms with E-state index < -0.39 is 0 Å². The lowest BCUT2D eigenvalue weighted by Crippen LogP contribution is -2.17. The number of aromatic nitrogens is 3. The van der Waals surface area contributed by atoms with Gasteiger partial charge in [-0.2, -0.15) is 0 Å². The summed E-state index contributed by atoms with van der Waals surface area (Å²) in [5.41, 5.74) is 3.71. The summed E-state index contributed by atoms with van der Waals surface area (Å²) in [6, 6.07) is 9.40. The second-order valence-electron chi connectivity index (χ2n) is 7.96. The predicted octanol–water partition coefficient (Wildman–Crippen LogP) is 3.82. The summed E-state index contributed by atoms with van der Waals surface area (Å²) in [6.07, 6.45) is 2.83. The van der Waals surface area contributed by atoms with Gasteiger partial charge in [-0.05, 0) is 42.5 Å². The Labute approximate surface area is 159 Å². The number of ether oxygens (including phenoxy) is 1. The Hall–Kier alpha value is -2.89. The highest BCUT2D eigenvalue weighted by atomic mass is 16.5. The van der Waals surface area contributed by atoms with Crippen LogP contribution in [0.3, 0.4) is 0 Å². The van der Waals surface area contributed by atoms with E-state index in [-0.39, 0.29) is 17.7 Å². The van der Waals surface area contributed by atoms with Crippen molar-refractivity contribution in [3.8, 4) is 5.75 Å². The van der Waals surface area contributed by atoms with Gasteiger partial charge in [-0.25, -0.2) is 9.50 Å². The largest absolute Gasteiger partial charge is 0.497 e. The molecule has 2 aromatic heterocycles. The molecular formula is C21H26N4O2. The second-order valence-corrected chi connectivity index (χ2v) is 7.96. The Morgan fingerprint density at radius 3 is 2.52 bits per heavy atom. The van der Waals surface area contributed by atoms with Gasteiger partial charge in [0.05, 0.1) is 13.5 Å². The summed E-state index contributed by atoms with van der Waals surface area (Å²) in [7, 11) is 1.62. The minimum atomic E-state index is -0.101. The molecule has 0 fully saturated rings. The van der Waals surface area contributed by atoms with Crippen molar-refractivity contribution in [3.63, 3.8) is 0 Å². The number of carbonyl (C=O) groups excluding carboxylic acids is 1. The van der Waals surface area contributed by atoms with Gasteiger partial charge in [0, 0.05) is 17.5 Å². The normalized spacial score (nSPS) is 11.6. The van der Waals surface area contributed by atoms with Crippen LogP contribution in [0.1, 0.15) is 37.6 Å². The molecule has 27 heavy (non-hydrogen) atoms. The van der Waals surface area contributed by atoms with Crippen molar-refractivity contribution in [1.82, 2.24) is 14.6 Å². The van der Waals surface area contributed by atoms with Crippen LogP contribution in [0, 0.1) is 12.3 Å². The lowest BCUT2D eigenvalue weighted by atomic mass is 9.88. The monoisotopic (exact) mass is 366 g/mol. The smallest absolute Gasteiger partial charge is 0.230 e. The summed E-state index contributed by atoms with van der Waals surface area (Å²) in [5.74, 6) is 1.26. The van der Waals surface area contributed by atoms with Crippen molar-refractivity contribution < 1.29 is 9.53 Å². The molecular weight excluding hydrogens is 340 g/mol. The zero-order valence-electron chi connectivity index (χ0n) is 16.5. The number of rotatable bonds is 5. The molecule has 0 atom stereocenters. The Morgan fingerprint density at radius 2 is 1.89 bits per heavy atom. The first kappa shape index (κ1) is 18.9. The van der Waals surface area contributed by atoms with E-state index in [0.29, 0.717) is 5.82 Å². The number of amides is 1. The standard InChI is InChI=1S/C21H26N4O2/c1-14-10-11-22-20-17(13-21(2,3)4)19(24-25(14)20)23-18(26)12-15-6-8-16(27-5)9-7-15/h6-11H,12-13H2,1-5H3,(H,23,24,26). The molecule has 0 unspecified atom stereocenters. The van der Waals surface area contributed by atoms with Crippen LogP contribution >= 0.6 is 0 Å². The van der Waals surface area contributed by atoms with Crippen LogP contribution in [0.5, 0.6) is 5.75 Å². The lowest BCUT2D eigenvalue weighted by molar-refractivity contribution is -0.115. The van der Waals surface area contributed by atoms with E-state index in [1.54, 1.807) is 17.8 Å². The van der Waals surface area contributed by atoms with E-state index in [4.69, 9.17) is 4.74 Å². The fraction of sp³-hybridized carbons (Fsp3) is 0.381. The third kappa shape index (κ3) is 4.45. The number of carbonyl (C=O) groups is 1. The second kappa shape index (κ2) is 7.39. The van der Waals surface area contributed by atoms with Gasteiger partial charge in [0.1, 0.15) is 5.75 Å².